The van der Waals surface area contributed by atoms with Crippen LogP contribution in [0, 0.1) is 0 Å². The van der Waals surface area contributed by atoms with Gasteiger partial charge in [-0.2, -0.15) is 9.36 Å². The van der Waals surface area contributed by atoms with Crippen LogP contribution in [0.3, 0.4) is 0 Å². The van der Waals surface area contributed by atoms with Crippen molar-refractivity contribution >= 4 is 11.8 Å². The lowest BCUT2D eigenvalue weighted by Gasteiger charge is -2.33. The minimum atomic E-state index is -0.891. The standard InChI is InChI=1S/C42H42N6O4/c43-27-14-13-26-37(39(44)49)45(40(50)38(33-18-5-1-6-19-33)34-20-7-2-8-21-34)29-31-16-15-17-32(28-31)30-46-41(51)47(35-22-9-3-10-23-35)48(42(46)52)36-24-11-4-12-25-36/h1-12,15-25,28,37-38H,13-14,26-27,29-30,43H2,(H2,44,49)/t37-/m1/s1. The second kappa shape index (κ2) is 16.6. The summed E-state index contributed by atoms with van der Waals surface area (Å²) in [6, 6.07) is 43.5. The summed E-state index contributed by atoms with van der Waals surface area (Å²) < 4.78 is 3.93. The molecule has 4 N–H and O–H groups in total. The van der Waals surface area contributed by atoms with E-state index in [4.69, 9.17) is 11.5 Å². The fourth-order valence-electron chi connectivity index (χ4n) is 6.62. The molecule has 0 radical (unpaired) electrons. The Morgan fingerprint density at radius 1 is 0.615 bits per heavy atom. The van der Waals surface area contributed by atoms with Crippen molar-refractivity contribution < 1.29 is 9.59 Å². The lowest BCUT2D eigenvalue weighted by molar-refractivity contribution is -0.141. The summed E-state index contributed by atoms with van der Waals surface area (Å²) in [5.74, 6) is -1.55. The molecular formula is C42H42N6O4. The van der Waals surface area contributed by atoms with E-state index < -0.39 is 29.2 Å². The van der Waals surface area contributed by atoms with Crippen molar-refractivity contribution in [2.45, 2.75) is 44.3 Å². The number of hydrogen-bond acceptors (Lipinski definition) is 5. The van der Waals surface area contributed by atoms with Gasteiger partial charge in [0.15, 0.2) is 0 Å². The summed E-state index contributed by atoms with van der Waals surface area (Å²) in [5.41, 5.74) is 14.9. The van der Waals surface area contributed by atoms with Crippen LogP contribution in [-0.4, -0.2) is 43.2 Å². The fraction of sp³-hybridized carbons (Fsp3) is 0.190. The van der Waals surface area contributed by atoms with Gasteiger partial charge in [0.1, 0.15) is 6.04 Å². The molecule has 1 heterocycles. The molecule has 1 atom stereocenters. The third-order valence-electron chi connectivity index (χ3n) is 9.14. The predicted octanol–water partition coefficient (Wildman–Crippen LogP) is 4.98. The molecule has 10 nitrogen and oxygen atoms in total. The van der Waals surface area contributed by atoms with Crippen molar-refractivity contribution in [1.29, 1.82) is 0 Å². The highest BCUT2D eigenvalue weighted by atomic mass is 16.2. The predicted molar refractivity (Wildman–Crippen MR) is 202 cm³/mol. The molecule has 0 aliphatic rings. The van der Waals surface area contributed by atoms with Gasteiger partial charge < -0.3 is 16.4 Å². The Bertz CT molecular complexity index is 2100. The number of hydrogen-bond donors (Lipinski definition) is 2. The molecular weight excluding hydrogens is 652 g/mol. The monoisotopic (exact) mass is 694 g/mol. The molecule has 0 saturated heterocycles. The van der Waals surface area contributed by atoms with E-state index in [0.29, 0.717) is 42.7 Å². The van der Waals surface area contributed by atoms with Crippen LogP contribution >= 0.6 is 0 Å². The van der Waals surface area contributed by atoms with Crippen LogP contribution in [0.15, 0.2) is 155 Å². The van der Waals surface area contributed by atoms with Crippen LogP contribution in [0.4, 0.5) is 0 Å². The number of nitrogens with zero attached hydrogens (tertiary/aromatic N) is 4. The molecule has 0 unspecified atom stereocenters. The van der Waals surface area contributed by atoms with E-state index in [9.17, 15) is 19.2 Å². The Morgan fingerprint density at radius 3 is 1.58 bits per heavy atom. The van der Waals surface area contributed by atoms with Crippen molar-refractivity contribution in [3.8, 4) is 11.4 Å². The number of para-hydroxylation sites is 2. The van der Waals surface area contributed by atoms with Gasteiger partial charge in [0.2, 0.25) is 11.8 Å². The zero-order chi connectivity index (χ0) is 36.5. The molecule has 0 aliphatic carbocycles. The molecule has 6 aromatic rings. The van der Waals surface area contributed by atoms with E-state index in [1.54, 1.807) is 29.2 Å². The number of amides is 2. The van der Waals surface area contributed by atoms with Crippen LogP contribution in [-0.2, 0) is 22.7 Å². The van der Waals surface area contributed by atoms with Crippen molar-refractivity contribution in [3.05, 3.63) is 189 Å². The van der Waals surface area contributed by atoms with E-state index in [0.717, 1.165) is 16.7 Å². The topological polar surface area (TPSA) is 138 Å². The van der Waals surface area contributed by atoms with Crippen LogP contribution in [0.5, 0.6) is 0 Å². The number of nitrogens with two attached hydrogens (primary N) is 2. The minimum absolute atomic E-state index is 0.0154. The van der Waals surface area contributed by atoms with Crippen LogP contribution < -0.4 is 22.8 Å². The maximum atomic E-state index is 14.8. The molecule has 2 amide bonds. The van der Waals surface area contributed by atoms with Gasteiger partial charge in [0, 0.05) is 6.54 Å². The summed E-state index contributed by atoms with van der Waals surface area (Å²) in [5, 5.41) is 0. The quantitative estimate of drug-likeness (QED) is 0.146. The largest absolute Gasteiger partial charge is 0.368 e. The maximum Gasteiger partial charge on any atom is 0.352 e. The van der Waals surface area contributed by atoms with E-state index in [1.807, 2.05) is 121 Å². The van der Waals surface area contributed by atoms with E-state index in [2.05, 4.69) is 0 Å². The first-order valence-electron chi connectivity index (χ1n) is 17.4. The smallest absolute Gasteiger partial charge is 0.352 e. The van der Waals surface area contributed by atoms with E-state index >= 15 is 0 Å². The SMILES string of the molecule is NCCCC[C@H](C(N)=O)N(Cc1cccc(Cn2c(=O)n(-c3ccccc3)n(-c3ccccc3)c2=O)c1)C(=O)C(c1ccccc1)c1ccccc1. The van der Waals surface area contributed by atoms with Gasteiger partial charge in [0.25, 0.3) is 0 Å². The molecule has 5 aromatic carbocycles. The van der Waals surface area contributed by atoms with Gasteiger partial charge >= 0.3 is 11.4 Å². The first-order chi connectivity index (χ1) is 25.4. The number of unbranched alkanes of at least 4 members (excludes halogenated alkanes) is 1. The third-order valence-corrected chi connectivity index (χ3v) is 9.14. The Hall–Kier alpha value is -6.26. The Morgan fingerprint density at radius 2 is 1.10 bits per heavy atom. The number of aromatic nitrogens is 3. The zero-order valence-corrected chi connectivity index (χ0v) is 28.8. The molecule has 10 heteroatoms. The average molecular weight is 695 g/mol. The van der Waals surface area contributed by atoms with Crippen molar-refractivity contribution in [1.82, 2.24) is 18.8 Å². The van der Waals surface area contributed by atoms with Crippen molar-refractivity contribution in [3.63, 3.8) is 0 Å². The molecule has 0 fully saturated rings. The molecule has 264 valence electrons. The zero-order valence-electron chi connectivity index (χ0n) is 28.8. The second-order valence-corrected chi connectivity index (χ2v) is 12.7. The van der Waals surface area contributed by atoms with Gasteiger partial charge in [-0.1, -0.05) is 121 Å². The highest BCUT2D eigenvalue weighted by Gasteiger charge is 2.34. The lowest BCUT2D eigenvalue weighted by atomic mass is 9.89. The molecule has 0 bridgehead atoms. The highest BCUT2D eigenvalue weighted by molar-refractivity contribution is 5.92. The fourth-order valence-corrected chi connectivity index (χ4v) is 6.62. The molecule has 0 aliphatic heterocycles. The van der Waals surface area contributed by atoms with E-state index in [1.165, 1.54) is 13.9 Å². The molecule has 52 heavy (non-hydrogen) atoms. The van der Waals surface area contributed by atoms with Gasteiger partial charge in [-0.05, 0) is 72.3 Å². The first-order valence-corrected chi connectivity index (χ1v) is 17.4. The Labute approximate surface area is 302 Å². The summed E-state index contributed by atoms with van der Waals surface area (Å²) in [6.07, 6.45) is 1.65. The van der Waals surface area contributed by atoms with Gasteiger partial charge in [-0.25, -0.2) is 14.2 Å². The number of carbonyl (C=O) groups excluding carboxylic acids is 2. The summed E-state index contributed by atoms with van der Waals surface area (Å²) >= 11 is 0. The minimum Gasteiger partial charge on any atom is -0.368 e. The maximum absolute atomic E-state index is 14.8. The Balaban J connectivity index is 1.39. The molecule has 1 aromatic heterocycles. The molecule has 0 spiro atoms. The molecule has 6 rings (SSSR count). The number of carbonyl (C=O) groups is 2. The number of primary amides is 1. The first kappa shape index (κ1) is 35.6. The van der Waals surface area contributed by atoms with Crippen LogP contribution in [0.1, 0.15) is 47.4 Å². The summed E-state index contributed by atoms with van der Waals surface area (Å²) in [6.45, 7) is 0.515. The van der Waals surface area contributed by atoms with Crippen LogP contribution in [0.2, 0.25) is 0 Å². The number of benzene rings is 5. The number of rotatable bonds is 15. The van der Waals surface area contributed by atoms with Gasteiger partial charge in [-0.15, -0.1) is 0 Å². The van der Waals surface area contributed by atoms with Crippen LogP contribution in [0.25, 0.3) is 11.4 Å². The molecule has 0 saturated carbocycles. The van der Waals surface area contributed by atoms with Gasteiger partial charge in [0.05, 0.1) is 23.8 Å². The van der Waals surface area contributed by atoms with Crippen molar-refractivity contribution in [2.75, 3.05) is 6.54 Å². The Kier molecular flexibility index (Phi) is 11.4. The third kappa shape index (κ3) is 7.87. The van der Waals surface area contributed by atoms with Gasteiger partial charge in [-0.3, -0.25) is 9.59 Å². The highest BCUT2D eigenvalue weighted by Crippen LogP contribution is 2.29. The van der Waals surface area contributed by atoms with Crippen molar-refractivity contribution in [2.24, 2.45) is 11.5 Å². The average Bonchev–Trinajstić information content (AvgIpc) is 3.42. The summed E-state index contributed by atoms with van der Waals surface area (Å²) in [7, 11) is 0. The second-order valence-electron chi connectivity index (χ2n) is 12.7. The summed E-state index contributed by atoms with van der Waals surface area (Å²) in [4.78, 5) is 57.4. The lowest BCUT2D eigenvalue weighted by Crippen LogP contribution is -2.49. The normalized spacial score (nSPS) is 11.7. The van der Waals surface area contributed by atoms with E-state index in [-0.39, 0.29) is 19.0 Å².